The van der Waals surface area contributed by atoms with Crippen LogP contribution in [-0.4, -0.2) is 6.54 Å². The Morgan fingerprint density at radius 1 is 1.43 bits per heavy atom. The van der Waals surface area contributed by atoms with E-state index in [1.54, 1.807) is 0 Å². The van der Waals surface area contributed by atoms with Gasteiger partial charge in [0, 0.05) is 11.9 Å². The van der Waals surface area contributed by atoms with Crippen LogP contribution < -0.4 is 5.73 Å². The highest BCUT2D eigenvalue weighted by Crippen LogP contribution is 2.20. The fraction of sp³-hybridized carbons (Fsp3) is 0.167. The molecule has 2 rings (SSSR count). The van der Waals surface area contributed by atoms with Crippen LogP contribution in [-0.2, 0) is 0 Å². The zero-order chi connectivity index (χ0) is 9.97. The van der Waals surface area contributed by atoms with Gasteiger partial charge in [-0.15, -0.1) is 0 Å². The smallest absolute Gasteiger partial charge is 0.134 e. The van der Waals surface area contributed by atoms with Crippen molar-refractivity contribution in [2.45, 2.75) is 6.92 Å². The number of hydrogen-bond acceptors (Lipinski definition) is 2. The second kappa shape index (κ2) is 3.68. The number of fused-ring (bicyclic) bond motifs is 1. The number of nitrogens with two attached hydrogens (primary N) is 1. The van der Waals surface area contributed by atoms with E-state index in [0.29, 0.717) is 6.54 Å². The molecule has 2 aromatic rings. The lowest BCUT2D eigenvalue weighted by Crippen LogP contribution is -1.98. The molecule has 14 heavy (non-hydrogen) atoms. The van der Waals surface area contributed by atoms with E-state index in [0.717, 1.165) is 22.3 Å². The molecule has 0 amide bonds. The van der Waals surface area contributed by atoms with Crippen LogP contribution in [0.5, 0.6) is 0 Å². The highest BCUT2D eigenvalue weighted by molar-refractivity contribution is 5.79. The maximum Gasteiger partial charge on any atom is 0.134 e. The van der Waals surface area contributed by atoms with Crippen molar-refractivity contribution in [3.8, 4) is 0 Å². The van der Waals surface area contributed by atoms with Crippen molar-refractivity contribution >= 4 is 17.0 Å². The Hall–Kier alpha value is -1.54. The van der Waals surface area contributed by atoms with Crippen LogP contribution in [0.2, 0.25) is 0 Å². The minimum atomic E-state index is 0.567. The molecule has 1 aromatic heterocycles. The van der Waals surface area contributed by atoms with Crippen molar-refractivity contribution in [2.24, 2.45) is 5.73 Å². The van der Waals surface area contributed by atoms with Gasteiger partial charge in [0.25, 0.3) is 0 Å². The van der Waals surface area contributed by atoms with Gasteiger partial charge in [0.15, 0.2) is 0 Å². The van der Waals surface area contributed by atoms with Crippen LogP contribution in [0, 0.1) is 0 Å². The average molecular weight is 187 g/mol. The molecule has 0 bridgehead atoms. The molecule has 0 unspecified atom stereocenters. The van der Waals surface area contributed by atoms with Gasteiger partial charge in [0.1, 0.15) is 11.3 Å². The molecule has 0 fully saturated rings. The number of furan rings is 1. The van der Waals surface area contributed by atoms with Gasteiger partial charge in [-0.1, -0.05) is 23.8 Å². The van der Waals surface area contributed by atoms with Gasteiger partial charge in [-0.05, 0) is 25.1 Å². The zero-order valence-electron chi connectivity index (χ0n) is 8.16. The SMILES string of the molecule is CC(=Cc1cc2ccccc2o1)CN. The topological polar surface area (TPSA) is 39.2 Å². The van der Waals surface area contributed by atoms with Crippen LogP contribution in [0.15, 0.2) is 40.3 Å². The highest BCUT2D eigenvalue weighted by Gasteiger charge is 1.99. The van der Waals surface area contributed by atoms with Crippen LogP contribution in [0.4, 0.5) is 0 Å². The molecule has 72 valence electrons. The normalized spacial score (nSPS) is 12.3. The molecule has 0 saturated carbocycles. The van der Waals surface area contributed by atoms with E-state index in [4.69, 9.17) is 10.2 Å². The molecule has 0 atom stereocenters. The van der Waals surface area contributed by atoms with Crippen LogP contribution in [0.25, 0.3) is 17.0 Å². The van der Waals surface area contributed by atoms with Crippen LogP contribution >= 0.6 is 0 Å². The second-order valence-corrected chi connectivity index (χ2v) is 3.38. The van der Waals surface area contributed by atoms with Gasteiger partial charge in [-0.3, -0.25) is 0 Å². The average Bonchev–Trinajstić information content (AvgIpc) is 2.59. The van der Waals surface area contributed by atoms with Gasteiger partial charge in [-0.25, -0.2) is 0 Å². The molecule has 2 N–H and O–H groups in total. The summed E-state index contributed by atoms with van der Waals surface area (Å²) in [6.45, 7) is 2.56. The summed E-state index contributed by atoms with van der Waals surface area (Å²) < 4.78 is 5.61. The largest absolute Gasteiger partial charge is 0.457 e. The maximum atomic E-state index is 5.61. The number of hydrogen-bond donors (Lipinski definition) is 1. The van der Waals surface area contributed by atoms with E-state index in [-0.39, 0.29) is 0 Å². The molecule has 2 nitrogen and oxygen atoms in total. The molecule has 0 aliphatic heterocycles. The maximum absolute atomic E-state index is 5.61. The van der Waals surface area contributed by atoms with Gasteiger partial charge in [0.2, 0.25) is 0 Å². The molecule has 2 heteroatoms. The molecule has 0 radical (unpaired) electrons. The summed E-state index contributed by atoms with van der Waals surface area (Å²) in [6, 6.07) is 9.99. The van der Waals surface area contributed by atoms with Crippen molar-refractivity contribution in [2.75, 3.05) is 6.54 Å². The Balaban J connectivity index is 2.45. The van der Waals surface area contributed by atoms with Gasteiger partial charge in [0.05, 0.1) is 0 Å². The predicted molar refractivity (Wildman–Crippen MR) is 58.9 cm³/mol. The van der Waals surface area contributed by atoms with Crippen molar-refractivity contribution in [3.05, 3.63) is 41.7 Å². The Kier molecular flexibility index (Phi) is 2.37. The highest BCUT2D eigenvalue weighted by atomic mass is 16.3. The molecule has 0 saturated heterocycles. The molecular formula is C12H13NO. The molecule has 0 spiro atoms. The molecule has 0 aliphatic carbocycles. The van der Waals surface area contributed by atoms with E-state index in [1.165, 1.54) is 0 Å². The first-order valence-electron chi connectivity index (χ1n) is 4.65. The molecule has 1 aromatic carbocycles. The Labute approximate surface area is 83.0 Å². The van der Waals surface area contributed by atoms with Crippen molar-refractivity contribution in [1.82, 2.24) is 0 Å². The van der Waals surface area contributed by atoms with Crippen molar-refractivity contribution in [1.29, 1.82) is 0 Å². The van der Waals surface area contributed by atoms with Crippen molar-refractivity contribution < 1.29 is 4.42 Å². The quantitative estimate of drug-likeness (QED) is 0.785. The minimum absolute atomic E-state index is 0.567. The van der Waals surface area contributed by atoms with Crippen LogP contribution in [0.3, 0.4) is 0 Å². The lowest BCUT2D eigenvalue weighted by atomic mass is 10.2. The fourth-order valence-corrected chi connectivity index (χ4v) is 1.38. The third-order valence-electron chi connectivity index (χ3n) is 2.16. The third-order valence-corrected chi connectivity index (χ3v) is 2.16. The third kappa shape index (κ3) is 1.70. The van der Waals surface area contributed by atoms with E-state index < -0.39 is 0 Å². The molecule has 1 heterocycles. The lowest BCUT2D eigenvalue weighted by molar-refractivity contribution is 0.603. The first-order chi connectivity index (χ1) is 6.79. The predicted octanol–water partition coefficient (Wildman–Crippen LogP) is 2.79. The van der Waals surface area contributed by atoms with Crippen LogP contribution in [0.1, 0.15) is 12.7 Å². The number of rotatable bonds is 2. The Morgan fingerprint density at radius 3 is 2.93 bits per heavy atom. The summed E-state index contributed by atoms with van der Waals surface area (Å²) in [4.78, 5) is 0. The Morgan fingerprint density at radius 2 is 2.21 bits per heavy atom. The van der Waals surface area contributed by atoms with E-state index in [2.05, 4.69) is 0 Å². The lowest BCUT2D eigenvalue weighted by Gasteiger charge is -1.91. The molecule has 0 aliphatic rings. The van der Waals surface area contributed by atoms with Crippen molar-refractivity contribution in [3.63, 3.8) is 0 Å². The second-order valence-electron chi connectivity index (χ2n) is 3.38. The zero-order valence-corrected chi connectivity index (χ0v) is 8.16. The summed E-state index contributed by atoms with van der Waals surface area (Å²) in [5, 5.41) is 1.13. The van der Waals surface area contributed by atoms with Gasteiger partial charge >= 0.3 is 0 Å². The fourth-order valence-electron chi connectivity index (χ4n) is 1.38. The summed E-state index contributed by atoms with van der Waals surface area (Å²) in [6.07, 6.45) is 1.97. The Bertz CT molecular complexity index is 435. The summed E-state index contributed by atoms with van der Waals surface area (Å²) >= 11 is 0. The standard InChI is InChI=1S/C12H13NO/c1-9(8-13)6-11-7-10-4-2-3-5-12(10)14-11/h2-7H,8,13H2,1H3. The van der Waals surface area contributed by atoms with E-state index in [1.807, 2.05) is 43.3 Å². The van der Waals surface area contributed by atoms with Gasteiger partial charge < -0.3 is 10.2 Å². The monoisotopic (exact) mass is 187 g/mol. The van der Waals surface area contributed by atoms with E-state index >= 15 is 0 Å². The molecular weight excluding hydrogens is 174 g/mol. The van der Waals surface area contributed by atoms with Gasteiger partial charge in [-0.2, -0.15) is 0 Å². The first kappa shape index (κ1) is 9.03. The first-order valence-corrected chi connectivity index (χ1v) is 4.65. The number of para-hydroxylation sites is 1. The summed E-state index contributed by atoms with van der Waals surface area (Å²) in [5.74, 6) is 0.870. The minimum Gasteiger partial charge on any atom is -0.457 e. The number of benzene rings is 1. The van der Waals surface area contributed by atoms with E-state index in [9.17, 15) is 0 Å². The summed E-state index contributed by atoms with van der Waals surface area (Å²) in [7, 11) is 0. The summed E-state index contributed by atoms with van der Waals surface area (Å²) in [5.41, 5.74) is 7.54.